The minimum absolute atomic E-state index is 0.0147. The molecule has 0 radical (unpaired) electrons. The van der Waals surface area contributed by atoms with E-state index in [2.05, 4.69) is 9.97 Å². The van der Waals surface area contributed by atoms with Gasteiger partial charge in [-0.3, -0.25) is 20.2 Å². The fourth-order valence-corrected chi connectivity index (χ4v) is 6.84. The van der Waals surface area contributed by atoms with Crippen LogP contribution in [-0.2, 0) is 9.47 Å². The Kier molecular flexibility index (Phi) is 15.1. The molecule has 6 aromatic carbocycles. The monoisotopic (exact) mass is 890 g/mol. The zero-order chi connectivity index (χ0) is 46.4. The van der Waals surface area contributed by atoms with Gasteiger partial charge in [0.1, 0.15) is 34.6 Å². The van der Waals surface area contributed by atoms with Crippen LogP contribution in [0.25, 0.3) is 67.8 Å². The number of hydrogen-bond donors (Lipinski definition) is 2. The number of ether oxygens (including phenoxy) is 6. The molecular weight excluding hydrogens is 845 g/mol. The highest BCUT2D eigenvalue weighted by molar-refractivity contribution is 5.83. The lowest BCUT2D eigenvalue weighted by molar-refractivity contribution is -0.385. The molecule has 16 nitrogen and oxygen atoms in total. The van der Waals surface area contributed by atoms with Crippen LogP contribution in [0, 0.1) is 20.2 Å². The highest BCUT2D eigenvalue weighted by Gasteiger charge is 2.19. The van der Waals surface area contributed by atoms with Crippen LogP contribution in [0.5, 0.6) is 23.0 Å². The van der Waals surface area contributed by atoms with Gasteiger partial charge in [-0.1, -0.05) is 24.3 Å². The predicted octanol–water partition coefficient (Wildman–Crippen LogP) is 10.7. The van der Waals surface area contributed by atoms with Gasteiger partial charge >= 0.3 is 0 Å². The fourth-order valence-electron chi connectivity index (χ4n) is 6.84. The van der Waals surface area contributed by atoms with Crippen LogP contribution in [0.3, 0.4) is 0 Å². The zero-order valence-electron chi connectivity index (χ0n) is 36.6. The number of aromatic nitrogens is 4. The number of nitro groups is 2. The summed E-state index contributed by atoms with van der Waals surface area (Å²) in [5, 5.41) is 22.3. The van der Waals surface area contributed by atoms with Crippen molar-refractivity contribution in [2.75, 3.05) is 54.9 Å². The van der Waals surface area contributed by atoms with Gasteiger partial charge in [0, 0.05) is 57.6 Å². The molecule has 0 unspecified atom stereocenters. The Morgan fingerprint density at radius 3 is 1.02 bits per heavy atom. The molecule has 336 valence electrons. The van der Waals surface area contributed by atoms with Crippen molar-refractivity contribution >= 4 is 11.4 Å². The smallest absolute Gasteiger partial charge is 0.270 e. The minimum Gasteiger partial charge on any atom is -0.497 e. The van der Waals surface area contributed by atoms with E-state index in [1.165, 1.54) is 24.3 Å². The molecule has 1 fully saturated rings. The first kappa shape index (κ1) is 45.7. The van der Waals surface area contributed by atoms with E-state index in [-0.39, 0.29) is 11.4 Å². The number of hydrogen-bond acceptors (Lipinski definition) is 12. The molecule has 2 aromatic heterocycles. The summed E-state index contributed by atoms with van der Waals surface area (Å²) in [4.78, 5) is 37.7. The van der Waals surface area contributed by atoms with E-state index in [4.69, 9.17) is 38.4 Å². The Morgan fingerprint density at radius 2 is 0.742 bits per heavy atom. The lowest BCUT2D eigenvalue weighted by Gasteiger charge is -2.09. The maximum absolute atomic E-state index is 11.2. The van der Waals surface area contributed by atoms with Gasteiger partial charge in [-0.2, -0.15) is 0 Å². The molecule has 2 N–H and O–H groups in total. The van der Waals surface area contributed by atoms with Gasteiger partial charge in [-0.05, 0) is 97.1 Å². The van der Waals surface area contributed by atoms with Crippen LogP contribution in [0.15, 0.2) is 146 Å². The number of benzene rings is 6. The number of nitrogens with one attached hydrogen (secondary N) is 2. The zero-order valence-corrected chi connectivity index (χ0v) is 36.6. The summed E-state index contributed by atoms with van der Waals surface area (Å²) in [5.74, 6) is 4.11. The number of methoxy groups -OCH3 is 4. The van der Waals surface area contributed by atoms with Crippen molar-refractivity contribution in [3.63, 3.8) is 0 Å². The lowest BCUT2D eigenvalue weighted by atomic mass is 10.0. The molecule has 0 atom stereocenters. The van der Waals surface area contributed by atoms with Crippen molar-refractivity contribution in [3.05, 3.63) is 166 Å². The topological polar surface area (TPSA) is 199 Å². The summed E-state index contributed by atoms with van der Waals surface area (Å²) in [6.07, 6.45) is 0. The highest BCUT2D eigenvalue weighted by Crippen LogP contribution is 2.37. The van der Waals surface area contributed by atoms with Crippen molar-refractivity contribution in [1.82, 2.24) is 19.9 Å². The number of rotatable bonds is 12. The van der Waals surface area contributed by atoms with Gasteiger partial charge in [0.15, 0.2) is 0 Å². The van der Waals surface area contributed by atoms with Crippen molar-refractivity contribution in [1.29, 1.82) is 0 Å². The third-order valence-electron chi connectivity index (χ3n) is 10.3. The van der Waals surface area contributed by atoms with E-state index < -0.39 is 9.85 Å². The van der Waals surface area contributed by atoms with E-state index in [9.17, 15) is 20.2 Å². The van der Waals surface area contributed by atoms with Gasteiger partial charge < -0.3 is 38.4 Å². The molecule has 1 saturated heterocycles. The normalized spacial score (nSPS) is 11.8. The second-order valence-electron chi connectivity index (χ2n) is 14.4. The van der Waals surface area contributed by atoms with E-state index in [0.717, 1.165) is 94.5 Å². The second-order valence-corrected chi connectivity index (χ2v) is 14.4. The molecule has 0 bridgehead atoms. The fraction of sp³-hybridized carbons (Fsp3) is 0.160. The SMILES string of the molecule is C1COCCO1.COc1ccc(-c2nc(-c3cccc([N+](=O)[O-])c3)[nH]c2-c2ccc(OC)cc2)cc1.COc1ccc(-c2nc(-c3cccc([N+](=O)[O-])c3)[nH]c2-c2ccc(OC)cc2)cc1. The van der Waals surface area contributed by atoms with Crippen LogP contribution in [0.4, 0.5) is 11.4 Å². The van der Waals surface area contributed by atoms with Crippen molar-refractivity contribution in [3.8, 4) is 90.8 Å². The van der Waals surface area contributed by atoms with E-state index in [1.54, 1.807) is 52.7 Å². The van der Waals surface area contributed by atoms with Crippen LogP contribution in [0.1, 0.15) is 0 Å². The first-order valence-electron chi connectivity index (χ1n) is 20.6. The number of aromatic amines is 2. The molecular formula is C50H46N6O10. The molecule has 1 aliphatic rings. The Labute approximate surface area is 380 Å². The molecule has 16 heteroatoms. The van der Waals surface area contributed by atoms with E-state index in [0.29, 0.717) is 22.8 Å². The summed E-state index contributed by atoms with van der Waals surface area (Å²) in [6.45, 7) is 3.11. The largest absolute Gasteiger partial charge is 0.497 e. The molecule has 0 aliphatic carbocycles. The molecule has 3 heterocycles. The third-order valence-corrected chi connectivity index (χ3v) is 10.3. The molecule has 0 spiro atoms. The van der Waals surface area contributed by atoms with Gasteiger partial charge in [0.2, 0.25) is 0 Å². The number of non-ortho nitro benzene ring substituents is 2. The first-order valence-corrected chi connectivity index (χ1v) is 20.6. The standard InChI is InChI=1S/2C23H19N3O4.C4H8O2/c2*1-29-19-10-6-15(7-11-19)21-22(16-8-12-20(30-2)13-9-16)25-23(24-21)17-4-3-5-18(14-17)26(27)28;1-2-6-4-3-5-1/h2*3-14H,1-2H3,(H,24,25);1-4H2. The number of imidazole rings is 2. The molecule has 1 aliphatic heterocycles. The van der Waals surface area contributed by atoms with Crippen LogP contribution in [-0.4, -0.2) is 84.6 Å². The molecule has 8 aromatic rings. The average Bonchev–Trinajstić information content (AvgIpc) is 4.04. The van der Waals surface area contributed by atoms with E-state index >= 15 is 0 Å². The summed E-state index contributed by atoms with van der Waals surface area (Å²) in [6, 6.07) is 43.3. The predicted molar refractivity (Wildman–Crippen MR) is 251 cm³/mol. The van der Waals surface area contributed by atoms with Crippen LogP contribution in [0.2, 0.25) is 0 Å². The third kappa shape index (κ3) is 11.2. The van der Waals surface area contributed by atoms with Gasteiger partial charge in [0.05, 0.1) is 87.5 Å². The van der Waals surface area contributed by atoms with E-state index in [1.807, 2.05) is 97.1 Å². The average molecular weight is 891 g/mol. The lowest BCUT2D eigenvalue weighted by Crippen LogP contribution is -2.16. The van der Waals surface area contributed by atoms with Gasteiger partial charge in [0.25, 0.3) is 11.4 Å². The van der Waals surface area contributed by atoms with Gasteiger partial charge in [-0.25, -0.2) is 9.97 Å². The molecule has 9 rings (SSSR count). The van der Waals surface area contributed by atoms with Crippen molar-refractivity contribution in [2.45, 2.75) is 0 Å². The summed E-state index contributed by atoms with van der Waals surface area (Å²) >= 11 is 0. The van der Waals surface area contributed by atoms with Crippen LogP contribution < -0.4 is 18.9 Å². The number of H-pyrrole nitrogens is 2. The van der Waals surface area contributed by atoms with Crippen LogP contribution >= 0.6 is 0 Å². The maximum Gasteiger partial charge on any atom is 0.270 e. The second kappa shape index (κ2) is 21.8. The van der Waals surface area contributed by atoms with Crippen molar-refractivity contribution in [2.24, 2.45) is 0 Å². The minimum atomic E-state index is -0.415. The highest BCUT2D eigenvalue weighted by atomic mass is 16.6. The Bertz CT molecular complexity index is 2530. The quantitative estimate of drug-likeness (QED) is 0.0870. The Hall–Kier alpha value is -8.34. The Balaban J connectivity index is 0.000000174. The number of nitro benzene ring substituents is 2. The summed E-state index contributed by atoms with van der Waals surface area (Å²) in [7, 11) is 6.47. The number of nitrogens with zero attached hydrogens (tertiary/aromatic N) is 4. The van der Waals surface area contributed by atoms with Crippen molar-refractivity contribution < 1.29 is 38.3 Å². The summed E-state index contributed by atoms with van der Waals surface area (Å²) in [5.41, 5.74) is 8.04. The molecule has 66 heavy (non-hydrogen) atoms. The summed E-state index contributed by atoms with van der Waals surface area (Å²) < 4.78 is 30.9. The first-order chi connectivity index (χ1) is 32.2. The molecule has 0 amide bonds. The Morgan fingerprint density at radius 1 is 0.439 bits per heavy atom. The molecule has 0 saturated carbocycles. The van der Waals surface area contributed by atoms with Gasteiger partial charge in [-0.15, -0.1) is 0 Å². The maximum atomic E-state index is 11.2.